The minimum atomic E-state index is 0.643. The van der Waals surface area contributed by atoms with Gasteiger partial charge < -0.3 is 5.32 Å². The molecule has 0 saturated heterocycles. The second-order valence-corrected chi connectivity index (χ2v) is 3.92. The number of aromatic nitrogens is 3. The topological polar surface area (TPSA) is 66.5 Å². The Kier molecular flexibility index (Phi) is 4.05. The number of nitrogens with one attached hydrogen (secondary N) is 1. The molecule has 0 atom stereocenters. The van der Waals surface area contributed by atoms with Gasteiger partial charge in [0.15, 0.2) is 0 Å². The van der Waals surface area contributed by atoms with E-state index in [0.29, 0.717) is 12.1 Å². The molecule has 2 aromatic rings. The number of hydrogen-bond acceptors (Lipinski definition) is 4. The minimum absolute atomic E-state index is 0.643. The summed E-state index contributed by atoms with van der Waals surface area (Å²) in [6, 6.07) is 9.40. The van der Waals surface area contributed by atoms with Gasteiger partial charge in [-0.3, -0.25) is 0 Å². The van der Waals surface area contributed by atoms with Crippen LogP contribution in [0.2, 0.25) is 0 Å². The van der Waals surface area contributed by atoms with Crippen molar-refractivity contribution in [3.05, 3.63) is 42.0 Å². The molecule has 0 spiro atoms. The summed E-state index contributed by atoms with van der Waals surface area (Å²) in [5.41, 5.74) is 1.56. The van der Waals surface area contributed by atoms with Gasteiger partial charge in [-0.25, -0.2) is 9.67 Å². The van der Waals surface area contributed by atoms with Crippen LogP contribution in [0, 0.1) is 11.3 Å². The van der Waals surface area contributed by atoms with Crippen molar-refractivity contribution in [1.29, 1.82) is 5.26 Å². The lowest BCUT2D eigenvalue weighted by atomic mass is 10.2. The number of rotatable bonds is 5. The zero-order valence-electron chi connectivity index (χ0n) is 10.3. The number of nitrogens with zero attached hydrogens (tertiary/aromatic N) is 4. The van der Waals surface area contributed by atoms with Crippen LogP contribution in [-0.2, 0) is 6.54 Å². The van der Waals surface area contributed by atoms with E-state index in [1.807, 2.05) is 12.1 Å². The first-order chi connectivity index (χ1) is 8.85. The molecule has 5 heteroatoms. The van der Waals surface area contributed by atoms with Crippen LogP contribution in [0.1, 0.15) is 24.7 Å². The van der Waals surface area contributed by atoms with Gasteiger partial charge in [0.1, 0.15) is 12.2 Å². The van der Waals surface area contributed by atoms with E-state index in [1.165, 1.54) is 0 Å². The van der Waals surface area contributed by atoms with Crippen LogP contribution in [0.15, 0.2) is 30.6 Å². The Morgan fingerprint density at radius 3 is 2.78 bits per heavy atom. The summed E-state index contributed by atoms with van der Waals surface area (Å²) >= 11 is 0. The second-order valence-electron chi connectivity index (χ2n) is 3.92. The lowest BCUT2D eigenvalue weighted by Crippen LogP contribution is -2.17. The summed E-state index contributed by atoms with van der Waals surface area (Å²) in [4.78, 5) is 4.23. The van der Waals surface area contributed by atoms with Crippen molar-refractivity contribution in [2.45, 2.75) is 19.9 Å². The molecule has 5 nitrogen and oxygen atoms in total. The standard InChI is InChI=1S/C13H15N5/c1-2-7-15-9-13-16-10-17-18(13)12-5-3-11(8-14)4-6-12/h3-6,10,15H,2,7,9H2,1H3. The van der Waals surface area contributed by atoms with Crippen LogP contribution >= 0.6 is 0 Å². The smallest absolute Gasteiger partial charge is 0.146 e. The molecule has 0 amide bonds. The van der Waals surface area contributed by atoms with Crippen molar-refractivity contribution in [1.82, 2.24) is 20.1 Å². The molecule has 1 aromatic carbocycles. The summed E-state index contributed by atoms with van der Waals surface area (Å²) in [5, 5.41) is 16.3. The molecule has 1 N–H and O–H groups in total. The van der Waals surface area contributed by atoms with Gasteiger partial charge in [-0.15, -0.1) is 0 Å². The molecule has 0 unspecified atom stereocenters. The van der Waals surface area contributed by atoms with Crippen molar-refractivity contribution < 1.29 is 0 Å². The average Bonchev–Trinajstić information content (AvgIpc) is 2.88. The summed E-state index contributed by atoms with van der Waals surface area (Å²) in [7, 11) is 0. The number of nitriles is 1. The van der Waals surface area contributed by atoms with E-state index in [-0.39, 0.29) is 0 Å². The Labute approximate surface area is 106 Å². The lowest BCUT2D eigenvalue weighted by Gasteiger charge is -2.06. The van der Waals surface area contributed by atoms with E-state index in [1.54, 1.807) is 23.1 Å². The maximum Gasteiger partial charge on any atom is 0.146 e. The fourth-order valence-corrected chi connectivity index (χ4v) is 1.66. The van der Waals surface area contributed by atoms with Gasteiger partial charge in [0.05, 0.1) is 23.9 Å². The quantitative estimate of drug-likeness (QED) is 0.808. The van der Waals surface area contributed by atoms with Gasteiger partial charge in [0.25, 0.3) is 0 Å². The fraction of sp³-hybridized carbons (Fsp3) is 0.308. The zero-order chi connectivity index (χ0) is 12.8. The third-order valence-corrected chi connectivity index (χ3v) is 2.57. The predicted molar refractivity (Wildman–Crippen MR) is 68.1 cm³/mol. The predicted octanol–water partition coefficient (Wildman–Crippen LogP) is 1.64. The Bertz CT molecular complexity index is 535. The Balaban J connectivity index is 2.17. The van der Waals surface area contributed by atoms with E-state index < -0.39 is 0 Å². The zero-order valence-corrected chi connectivity index (χ0v) is 10.3. The molecule has 1 heterocycles. The van der Waals surface area contributed by atoms with E-state index in [2.05, 4.69) is 28.4 Å². The Hall–Kier alpha value is -2.19. The summed E-state index contributed by atoms with van der Waals surface area (Å²) in [6.45, 7) is 3.77. The molecule has 2 rings (SSSR count). The molecule has 0 aliphatic rings. The molecule has 0 bridgehead atoms. The summed E-state index contributed by atoms with van der Waals surface area (Å²) in [5.74, 6) is 0.869. The molecule has 1 aromatic heterocycles. The first-order valence-corrected chi connectivity index (χ1v) is 5.95. The van der Waals surface area contributed by atoms with Crippen molar-refractivity contribution in [2.75, 3.05) is 6.54 Å². The van der Waals surface area contributed by atoms with Gasteiger partial charge in [-0.05, 0) is 37.2 Å². The Morgan fingerprint density at radius 1 is 1.33 bits per heavy atom. The van der Waals surface area contributed by atoms with Crippen molar-refractivity contribution in [2.24, 2.45) is 0 Å². The summed E-state index contributed by atoms with van der Waals surface area (Å²) < 4.78 is 1.78. The lowest BCUT2D eigenvalue weighted by molar-refractivity contribution is 0.633. The molecule has 0 aliphatic carbocycles. The molecule has 18 heavy (non-hydrogen) atoms. The van der Waals surface area contributed by atoms with Gasteiger partial charge in [0.2, 0.25) is 0 Å². The summed E-state index contributed by atoms with van der Waals surface area (Å²) in [6.07, 6.45) is 2.63. The van der Waals surface area contributed by atoms with Gasteiger partial charge in [-0.2, -0.15) is 10.4 Å². The van der Waals surface area contributed by atoms with Crippen LogP contribution in [0.25, 0.3) is 5.69 Å². The van der Waals surface area contributed by atoms with Gasteiger partial charge in [-0.1, -0.05) is 6.92 Å². The molecule has 92 valence electrons. The molecule has 0 aliphatic heterocycles. The van der Waals surface area contributed by atoms with Crippen LogP contribution in [0.4, 0.5) is 0 Å². The monoisotopic (exact) mass is 241 g/mol. The third kappa shape index (κ3) is 2.73. The minimum Gasteiger partial charge on any atom is -0.310 e. The second kappa shape index (κ2) is 5.94. The van der Waals surface area contributed by atoms with Crippen molar-refractivity contribution in [3.63, 3.8) is 0 Å². The highest BCUT2D eigenvalue weighted by atomic mass is 15.3. The van der Waals surface area contributed by atoms with Crippen LogP contribution < -0.4 is 5.32 Å². The van der Waals surface area contributed by atoms with Crippen molar-refractivity contribution >= 4 is 0 Å². The van der Waals surface area contributed by atoms with Crippen molar-refractivity contribution in [3.8, 4) is 11.8 Å². The first-order valence-electron chi connectivity index (χ1n) is 5.95. The van der Waals surface area contributed by atoms with Gasteiger partial charge in [0, 0.05) is 0 Å². The van der Waals surface area contributed by atoms with Gasteiger partial charge >= 0.3 is 0 Å². The highest BCUT2D eigenvalue weighted by Gasteiger charge is 2.05. The highest BCUT2D eigenvalue weighted by molar-refractivity contribution is 5.39. The maximum absolute atomic E-state index is 8.76. The van der Waals surface area contributed by atoms with E-state index in [9.17, 15) is 0 Å². The average molecular weight is 241 g/mol. The van der Waals surface area contributed by atoms with Crippen LogP contribution in [0.5, 0.6) is 0 Å². The Morgan fingerprint density at radius 2 is 2.11 bits per heavy atom. The molecular weight excluding hydrogens is 226 g/mol. The van der Waals surface area contributed by atoms with Crippen LogP contribution in [0.3, 0.4) is 0 Å². The van der Waals surface area contributed by atoms with E-state index in [4.69, 9.17) is 5.26 Å². The third-order valence-electron chi connectivity index (χ3n) is 2.57. The number of benzene rings is 1. The maximum atomic E-state index is 8.76. The molecule has 0 fully saturated rings. The normalized spacial score (nSPS) is 10.2. The fourth-order valence-electron chi connectivity index (χ4n) is 1.66. The molecule has 0 radical (unpaired) electrons. The first kappa shape index (κ1) is 12.3. The SMILES string of the molecule is CCCNCc1ncnn1-c1ccc(C#N)cc1. The molecular formula is C13H15N5. The highest BCUT2D eigenvalue weighted by Crippen LogP contribution is 2.09. The van der Waals surface area contributed by atoms with Crippen LogP contribution in [-0.4, -0.2) is 21.3 Å². The number of hydrogen-bond donors (Lipinski definition) is 1. The molecule has 0 saturated carbocycles. The van der Waals surface area contributed by atoms with E-state index in [0.717, 1.165) is 24.5 Å². The largest absolute Gasteiger partial charge is 0.310 e. The van der Waals surface area contributed by atoms with E-state index >= 15 is 0 Å².